The molecule has 1 fully saturated rings. The van der Waals surface area contributed by atoms with E-state index in [0.717, 1.165) is 31.2 Å². The van der Waals surface area contributed by atoms with Crippen molar-refractivity contribution in [1.82, 2.24) is 29.1 Å². The van der Waals surface area contributed by atoms with E-state index < -0.39 is 0 Å². The minimum absolute atomic E-state index is 0.123. The molecule has 0 saturated heterocycles. The SMILES string of the molecule is O=C(Cn1nc2c3cc(-c4ccc(F)cc4)nn3ccn2c1=O)NC1CCCC1. The van der Waals surface area contributed by atoms with Crippen LogP contribution in [0.5, 0.6) is 0 Å². The number of carbonyl (C=O) groups excluding carboxylic acids is 1. The van der Waals surface area contributed by atoms with Crippen molar-refractivity contribution in [2.75, 3.05) is 0 Å². The average Bonchev–Trinajstić information content (AvgIpc) is 3.42. The van der Waals surface area contributed by atoms with Gasteiger partial charge in [0.05, 0.1) is 5.69 Å². The van der Waals surface area contributed by atoms with Gasteiger partial charge in [-0.25, -0.2) is 22.8 Å². The van der Waals surface area contributed by atoms with E-state index in [9.17, 15) is 14.0 Å². The molecule has 1 aliphatic rings. The van der Waals surface area contributed by atoms with Gasteiger partial charge in [-0.3, -0.25) is 4.79 Å². The summed E-state index contributed by atoms with van der Waals surface area (Å²) in [6.45, 7) is -0.123. The summed E-state index contributed by atoms with van der Waals surface area (Å²) in [4.78, 5) is 25.0. The maximum Gasteiger partial charge on any atom is 0.350 e. The Bertz CT molecular complexity index is 1260. The van der Waals surface area contributed by atoms with Crippen LogP contribution in [-0.2, 0) is 11.3 Å². The second-order valence-electron chi connectivity index (χ2n) is 7.35. The zero-order valence-corrected chi connectivity index (χ0v) is 15.6. The van der Waals surface area contributed by atoms with Crippen molar-refractivity contribution in [2.24, 2.45) is 0 Å². The zero-order valence-electron chi connectivity index (χ0n) is 15.6. The number of halogens is 1. The molecule has 0 radical (unpaired) electrons. The smallest absolute Gasteiger partial charge is 0.350 e. The number of aromatic nitrogens is 5. The minimum atomic E-state index is -0.381. The van der Waals surface area contributed by atoms with E-state index in [1.165, 1.54) is 21.2 Å². The van der Waals surface area contributed by atoms with E-state index >= 15 is 0 Å². The van der Waals surface area contributed by atoms with Crippen LogP contribution in [0.2, 0.25) is 0 Å². The molecule has 0 spiro atoms. The lowest BCUT2D eigenvalue weighted by Gasteiger charge is -2.10. The van der Waals surface area contributed by atoms with Crippen LogP contribution in [0.25, 0.3) is 22.4 Å². The molecule has 1 amide bonds. The van der Waals surface area contributed by atoms with E-state index in [0.29, 0.717) is 16.9 Å². The number of fused-ring (bicyclic) bond motifs is 3. The van der Waals surface area contributed by atoms with Gasteiger partial charge in [-0.1, -0.05) is 12.8 Å². The molecule has 148 valence electrons. The Balaban J connectivity index is 1.50. The largest absolute Gasteiger partial charge is 0.352 e. The summed E-state index contributed by atoms with van der Waals surface area (Å²) < 4.78 is 17.4. The molecule has 1 aliphatic carbocycles. The summed E-state index contributed by atoms with van der Waals surface area (Å²) >= 11 is 0. The molecule has 0 aliphatic heterocycles. The van der Waals surface area contributed by atoms with Crippen molar-refractivity contribution in [3.8, 4) is 11.3 Å². The maximum absolute atomic E-state index is 13.2. The summed E-state index contributed by atoms with van der Waals surface area (Å²) in [5, 5.41) is 11.8. The highest BCUT2D eigenvalue weighted by Gasteiger charge is 2.19. The fourth-order valence-electron chi connectivity index (χ4n) is 3.88. The lowest BCUT2D eigenvalue weighted by molar-refractivity contribution is -0.122. The van der Waals surface area contributed by atoms with Crippen molar-refractivity contribution in [1.29, 1.82) is 0 Å². The molecule has 0 atom stereocenters. The van der Waals surface area contributed by atoms with Crippen molar-refractivity contribution in [3.63, 3.8) is 0 Å². The first-order valence-electron chi connectivity index (χ1n) is 9.61. The van der Waals surface area contributed by atoms with Crippen LogP contribution in [-0.4, -0.2) is 35.7 Å². The molecule has 3 aromatic heterocycles. The van der Waals surface area contributed by atoms with Gasteiger partial charge in [0.2, 0.25) is 5.91 Å². The molecule has 4 aromatic rings. The molecule has 9 heteroatoms. The molecule has 3 heterocycles. The van der Waals surface area contributed by atoms with Crippen LogP contribution in [0.1, 0.15) is 25.7 Å². The summed E-state index contributed by atoms with van der Waals surface area (Å²) in [6, 6.07) is 8.01. The Hall–Kier alpha value is -3.49. The predicted molar refractivity (Wildman–Crippen MR) is 104 cm³/mol. The van der Waals surface area contributed by atoms with Crippen LogP contribution in [0.15, 0.2) is 47.5 Å². The number of hydrogen-bond donors (Lipinski definition) is 1. The van der Waals surface area contributed by atoms with Crippen molar-refractivity contribution >= 4 is 17.1 Å². The van der Waals surface area contributed by atoms with E-state index in [4.69, 9.17) is 0 Å². The second kappa shape index (κ2) is 6.84. The van der Waals surface area contributed by atoms with Gasteiger partial charge in [0.1, 0.15) is 17.9 Å². The van der Waals surface area contributed by atoms with Gasteiger partial charge in [-0.15, -0.1) is 5.10 Å². The van der Waals surface area contributed by atoms with E-state index in [1.807, 2.05) is 0 Å². The van der Waals surface area contributed by atoms with Crippen molar-refractivity contribution < 1.29 is 9.18 Å². The molecule has 1 saturated carbocycles. The highest BCUT2D eigenvalue weighted by Crippen LogP contribution is 2.21. The first kappa shape index (κ1) is 17.6. The first-order valence-corrected chi connectivity index (χ1v) is 9.61. The summed E-state index contributed by atoms with van der Waals surface area (Å²) in [7, 11) is 0. The van der Waals surface area contributed by atoms with Gasteiger partial charge in [-0.2, -0.15) is 5.10 Å². The van der Waals surface area contributed by atoms with Crippen molar-refractivity contribution in [3.05, 3.63) is 59.0 Å². The Morgan fingerprint density at radius 2 is 1.90 bits per heavy atom. The summed E-state index contributed by atoms with van der Waals surface area (Å²) in [5.41, 5.74) is 2.05. The highest BCUT2D eigenvalue weighted by molar-refractivity contribution is 5.78. The number of carbonyl (C=O) groups is 1. The Labute approximate surface area is 164 Å². The van der Waals surface area contributed by atoms with E-state index in [1.54, 1.807) is 35.1 Å². The van der Waals surface area contributed by atoms with Crippen LogP contribution in [0, 0.1) is 5.82 Å². The molecular weight excluding hydrogens is 375 g/mol. The van der Waals surface area contributed by atoms with E-state index in [2.05, 4.69) is 15.5 Å². The molecule has 29 heavy (non-hydrogen) atoms. The third-order valence-corrected chi connectivity index (χ3v) is 5.35. The minimum Gasteiger partial charge on any atom is -0.352 e. The molecule has 0 unspecified atom stereocenters. The summed E-state index contributed by atoms with van der Waals surface area (Å²) in [6.07, 6.45) is 7.43. The fourth-order valence-corrected chi connectivity index (χ4v) is 3.88. The number of amides is 1. The molecule has 1 N–H and O–H groups in total. The molecule has 0 bridgehead atoms. The number of hydrogen-bond acceptors (Lipinski definition) is 4. The number of rotatable bonds is 4. The monoisotopic (exact) mass is 394 g/mol. The fraction of sp³-hybridized carbons (Fsp3) is 0.300. The molecular formula is C20H19FN6O2. The summed E-state index contributed by atoms with van der Waals surface area (Å²) in [5.74, 6) is -0.528. The first-order chi connectivity index (χ1) is 14.1. The highest BCUT2D eigenvalue weighted by atomic mass is 19.1. The van der Waals surface area contributed by atoms with Gasteiger partial charge in [0, 0.05) is 24.0 Å². The van der Waals surface area contributed by atoms with E-state index in [-0.39, 0.29) is 30.0 Å². The van der Waals surface area contributed by atoms with Gasteiger partial charge in [0.15, 0.2) is 5.65 Å². The maximum atomic E-state index is 13.2. The molecule has 5 rings (SSSR count). The third-order valence-electron chi connectivity index (χ3n) is 5.35. The average molecular weight is 394 g/mol. The molecule has 8 nitrogen and oxygen atoms in total. The topological polar surface area (TPSA) is 85.7 Å². The van der Waals surface area contributed by atoms with Crippen LogP contribution in [0.4, 0.5) is 4.39 Å². The number of nitrogens with one attached hydrogen (secondary N) is 1. The third kappa shape index (κ3) is 3.18. The predicted octanol–water partition coefficient (Wildman–Crippen LogP) is 2.01. The van der Waals surface area contributed by atoms with Crippen molar-refractivity contribution in [2.45, 2.75) is 38.3 Å². The van der Waals surface area contributed by atoms with Gasteiger partial charge in [-0.05, 0) is 43.2 Å². The van der Waals surface area contributed by atoms with Gasteiger partial charge in [0.25, 0.3) is 0 Å². The Kier molecular flexibility index (Phi) is 4.15. The lowest BCUT2D eigenvalue weighted by atomic mass is 10.1. The Morgan fingerprint density at radius 3 is 2.66 bits per heavy atom. The normalized spacial score (nSPS) is 14.8. The molecule has 1 aromatic carbocycles. The number of benzene rings is 1. The quantitative estimate of drug-likeness (QED) is 0.574. The Morgan fingerprint density at radius 1 is 1.14 bits per heavy atom. The van der Waals surface area contributed by atoms with Crippen LogP contribution >= 0.6 is 0 Å². The standard InChI is InChI=1S/C20H19FN6O2/c21-14-7-5-13(6-8-14)16-11-17-19-24-27(12-18(28)22-15-3-1-2-4-15)20(29)25(19)9-10-26(17)23-16/h5-11,15H,1-4,12H2,(H,22,28). The zero-order chi connectivity index (χ0) is 20.0. The van der Waals surface area contributed by atoms with Crippen LogP contribution in [0.3, 0.4) is 0 Å². The van der Waals surface area contributed by atoms with Crippen LogP contribution < -0.4 is 11.0 Å². The van der Waals surface area contributed by atoms with Gasteiger partial charge >= 0.3 is 5.69 Å². The van der Waals surface area contributed by atoms with Gasteiger partial charge < -0.3 is 5.32 Å². The second-order valence-corrected chi connectivity index (χ2v) is 7.35. The lowest BCUT2D eigenvalue weighted by Crippen LogP contribution is -2.37. The number of nitrogens with zero attached hydrogens (tertiary/aromatic N) is 5.